The highest BCUT2D eigenvalue weighted by molar-refractivity contribution is 5.94. The Bertz CT molecular complexity index is 545. The number of nitrogens with one attached hydrogen (secondary N) is 1. The molecular weight excluding hydrogens is 302 g/mol. The third-order valence-corrected chi connectivity index (χ3v) is 3.89. The van der Waals surface area contributed by atoms with Crippen molar-refractivity contribution in [3.8, 4) is 5.75 Å². The second-order valence-corrected chi connectivity index (χ2v) is 5.42. The number of carbonyl (C=O) groups excluding carboxylic acids is 1. The maximum Gasteiger partial charge on any atom is 0.391 e. The van der Waals surface area contributed by atoms with Crippen LogP contribution in [0.5, 0.6) is 5.75 Å². The molecule has 1 aromatic carbocycles. The van der Waals surface area contributed by atoms with Gasteiger partial charge in [0.05, 0.1) is 13.0 Å². The van der Waals surface area contributed by atoms with Gasteiger partial charge >= 0.3 is 6.18 Å². The Labute approximate surface area is 125 Å². The molecule has 1 aliphatic carbocycles. The first-order valence-electron chi connectivity index (χ1n) is 7.02. The molecular formula is C15H17F4NO2. The van der Waals surface area contributed by atoms with Crippen LogP contribution in [-0.2, 0) is 0 Å². The summed E-state index contributed by atoms with van der Waals surface area (Å²) >= 11 is 0. The summed E-state index contributed by atoms with van der Waals surface area (Å²) in [7, 11) is 1.30. The number of hydrogen-bond acceptors (Lipinski definition) is 2. The van der Waals surface area contributed by atoms with Crippen molar-refractivity contribution >= 4 is 5.91 Å². The summed E-state index contributed by atoms with van der Waals surface area (Å²) in [6.45, 7) is 0. The van der Waals surface area contributed by atoms with Crippen LogP contribution in [-0.4, -0.2) is 25.2 Å². The predicted octanol–water partition coefficient (Wildman–Crippen LogP) is 3.69. The van der Waals surface area contributed by atoms with Gasteiger partial charge in [-0.25, -0.2) is 4.39 Å². The van der Waals surface area contributed by atoms with Crippen molar-refractivity contribution in [3.05, 3.63) is 29.6 Å². The lowest BCUT2D eigenvalue weighted by molar-refractivity contribution is -0.183. The van der Waals surface area contributed by atoms with Crippen LogP contribution in [0.25, 0.3) is 0 Å². The molecule has 2 atom stereocenters. The summed E-state index contributed by atoms with van der Waals surface area (Å²) in [5, 5.41) is 2.56. The minimum atomic E-state index is -4.24. The van der Waals surface area contributed by atoms with Crippen LogP contribution in [0.15, 0.2) is 18.2 Å². The van der Waals surface area contributed by atoms with Crippen LogP contribution in [0.1, 0.15) is 36.0 Å². The van der Waals surface area contributed by atoms with Crippen molar-refractivity contribution in [3.63, 3.8) is 0 Å². The molecule has 0 spiro atoms. The van der Waals surface area contributed by atoms with E-state index in [0.29, 0.717) is 12.8 Å². The molecule has 1 aliphatic rings. The average molecular weight is 319 g/mol. The number of amides is 1. The lowest BCUT2D eigenvalue weighted by Gasteiger charge is -2.31. The highest BCUT2D eigenvalue weighted by atomic mass is 19.4. The number of benzene rings is 1. The summed E-state index contributed by atoms with van der Waals surface area (Å²) in [6, 6.07) is 3.15. The van der Waals surface area contributed by atoms with E-state index >= 15 is 0 Å². The first kappa shape index (κ1) is 16.6. The highest BCUT2D eigenvalue weighted by Gasteiger charge is 2.42. The van der Waals surface area contributed by atoms with E-state index in [9.17, 15) is 22.4 Å². The molecule has 1 saturated carbocycles. The van der Waals surface area contributed by atoms with Gasteiger partial charge in [-0.3, -0.25) is 4.79 Å². The van der Waals surface area contributed by atoms with Crippen LogP contribution >= 0.6 is 0 Å². The number of ether oxygens (including phenoxy) is 1. The van der Waals surface area contributed by atoms with E-state index in [4.69, 9.17) is 4.74 Å². The summed E-state index contributed by atoms with van der Waals surface area (Å²) in [5.74, 6) is -2.65. The quantitative estimate of drug-likeness (QED) is 0.863. The molecule has 7 heteroatoms. The van der Waals surface area contributed by atoms with Gasteiger partial charge in [0.15, 0.2) is 11.6 Å². The van der Waals surface area contributed by atoms with Gasteiger partial charge in [0.1, 0.15) is 0 Å². The Morgan fingerprint density at radius 3 is 2.64 bits per heavy atom. The lowest BCUT2D eigenvalue weighted by Crippen LogP contribution is -2.41. The van der Waals surface area contributed by atoms with E-state index in [2.05, 4.69) is 5.32 Å². The zero-order valence-electron chi connectivity index (χ0n) is 12.0. The molecule has 2 rings (SSSR count). The minimum absolute atomic E-state index is 0.00588. The van der Waals surface area contributed by atoms with E-state index in [-0.39, 0.29) is 24.2 Å². The molecule has 0 unspecified atom stereocenters. The molecule has 3 nitrogen and oxygen atoms in total. The normalized spacial score (nSPS) is 22.2. The van der Waals surface area contributed by atoms with Crippen LogP contribution < -0.4 is 10.1 Å². The maximum absolute atomic E-state index is 13.6. The summed E-state index contributed by atoms with van der Waals surface area (Å²) in [4.78, 5) is 12.0. The van der Waals surface area contributed by atoms with Gasteiger partial charge in [-0.15, -0.1) is 0 Å². The molecule has 122 valence electrons. The van der Waals surface area contributed by atoms with E-state index in [0.717, 1.165) is 6.07 Å². The second-order valence-electron chi connectivity index (χ2n) is 5.42. The molecule has 0 aromatic heterocycles. The molecule has 1 fully saturated rings. The molecule has 1 aromatic rings. The van der Waals surface area contributed by atoms with E-state index in [1.807, 2.05) is 0 Å². The smallest absolute Gasteiger partial charge is 0.391 e. The number of alkyl halides is 3. The fraction of sp³-hybridized carbons (Fsp3) is 0.533. The molecule has 22 heavy (non-hydrogen) atoms. The fourth-order valence-corrected chi connectivity index (χ4v) is 2.69. The largest absolute Gasteiger partial charge is 0.494 e. The molecule has 0 saturated heterocycles. The molecule has 1 amide bonds. The van der Waals surface area contributed by atoms with E-state index < -0.39 is 29.9 Å². The van der Waals surface area contributed by atoms with Gasteiger partial charge < -0.3 is 10.1 Å². The zero-order chi connectivity index (χ0) is 16.3. The molecule has 0 radical (unpaired) electrons. The first-order valence-corrected chi connectivity index (χ1v) is 7.02. The van der Waals surface area contributed by atoms with Crippen molar-refractivity contribution in [2.45, 2.75) is 37.9 Å². The Kier molecular flexibility index (Phi) is 4.93. The SMILES string of the molecule is COc1ccc(C(=O)N[C@H]2CCC[C@@H](C(F)(F)F)C2)cc1F. The van der Waals surface area contributed by atoms with Crippen LogP contribution in [0, 0.1) is 11.7 Å². The van der Waals surface area contributed by atoms with E-state index in [1.54, 1.807) is 0 Å². The summed E-state index contributed by atoms with van der Waals surface area (Å²) < 4.78 is 56.5. The highest BCUT2D eigenvalue weighted by Crippen LogP contribution is 2.37. The Hall–Kier alpha value is -1.79. The van der Waals surface area contributed by atoms with Crippen LogP contribution in [0.2, 0.25) is 0 Å². The first-order chi connectivity index (χ1) is 10.3. The number of hydrogen-bond donors (Lipinski definition) is 1. The number of carbonyl (C=O) groups is 1. The maximum atomic E-state index is 13.6. The topological polar surface area (TPSA) is 38.3 Å². The Balaban J connectivity index is 2.01. The lowest BCUT2D eigenvalue weighted by atomic mass is 9.85. The van der Waals surface area contributed by atoms with Gasteiger partial charge in [0.2, 0.25) is 0 Å². The second kappa shape index (κ2) is 6.54. The zero-order valence-corrected chi connectivity index (χ0v) is 12.0. The molecule has 0 bridgehead atoms. The van der Waals surface area contributed by atoms with Crippen molar-refractivity contribution in [2.75, 3.05) is 7.11 Å². The van der Waals surface area contributed by atoms with Gasteiger partial charge in [0.25, 0.3) is 5.91 Å². The fourth-order valence-electron chi connectivity index (χ4n) is 2.69. The third kappa shape index (κ3) is 3.90. The van der Waals surface area contributed by atoms with Gasteiger partial charge in [-0.1, -0.05) is 6.42 Å². The third-order valence-electron chi connectivity index (χ3n) is 3.89. The van der Waals surface area contributed by atoms with Crippen molar-refractivity contribution in [1.82, 2.24) is 5.32 Å². The predicted molar refractivity (Wildman–Crippen MR) is 72.2 cm³/mol. The average Bonchev–Trinajstić information content (AvgIpc) is 2.46. The Morgan fingerprint density at radius 1 is 1.32 bits per heavy atom. The van der Waals surface area contributed by atoms with Gasteiger partial charge in [0, 0.05) is 11.6 Å². The van der Waals surface area contributed by atoms with Crippen LogP contribution in [0.3, 0.4) is 0 Å². The summed E-state index contributed by atoms with van der Waals surface area (Å²) in [6.07, 6.45) is -3.38. The van der Waals surface area contributed by atoms with Crippen molar-refractivity contribution in [2.24, 2.45) is 5.92 Å². The standard InChI is InChI=1S/C15H17F4NO2/c1-22-13-6-5-9(7-12(13)16)14(21)20-11-4-2-3-10(8-11)15(17,18)19/h5-7,10-11H,2-4,8H2,1H3,(H,20,21)/t10-,11+/m1/s1. The Morgan fingerprint density at radius 2 is 2.05 bits per heavy atom. The minimum Gasteiger partial charge on any atom is -0.494 e. The number of methoxy groups -OCH3 is 1. The van der Waals surface area contributed by atoms with Crippen molar-refractivity contribution in [1.29, 1.82) is 0 Å². The molecule has 0 heterocycles. The van der Waals surface area contributed by atoms with Crippen molar-refractivity contribution < 1.29 is 27.1 Å². The number of rotatable bonds is 3. The summed E-state index contributed by atoms with van der Waals surface area (Å²) in [5.41, 5.74) is 0.0624. The molecule has 0 aliphatic heterocycles. The monoisotopic (exact) mass is 319 g/mol. The van der Waals surface area contributed by atoms with E-state index in [1.165, 1.54) is 19.2 Å². The molecule has 1 N–H and O–H groups in total. The number of halogens is 4. The van der Waals surface area contributed by atoms with Gasteiger partial charge in [-0.2, -0.15) is 13.2 Å². The van der Waals surface area contributed by atoms with Gasteiger partial charge in [-0.05, 0) is 37.5 Å². The van der Waals surface area contributed by atoms with Crippen LogP contribution in [0.4, 0.5) is 17.6 Å².